The van der Waals surface area contributed by atoms with Crippen LogP contribution < -0.4 is 11.1 Å². The Balaban J connectivity index is 0.00000242. The quantitative estimate of drug-likeness (QED) is 0.758. The highest BCUT2D eigenvalue weighted by molar-refractivity contribution is 9.10. The summed E-state index contributed by atoms with van der Waals surface area (Å²) in [5, 5.41) is 3.90. The summed E-state index contributed by atoms with van der Waals surface area (Å²) in [6.45, 7) is 6.08. The largest absolute Gasteiger partial charge is 0.349 e. The van der Waals surface area contributed by atoms with Gasteiger partial charge in [-0.3, -0.25) is 4.79 Å². The third kappa shape index (κ3) is 5.43. The zero-order valence-corrected chi connectivity index (χ0v) is 17.1. The molecule has 0 aliphatic rings. The third-order valence-corrected chi connectivity index (χ3v) is 4.93. The molecule has 1 heterocycles. The van der Waals surface area contributed by atoms with E-state index in [9.17, 15) is 4.79 Å². The molecule has 2 rings (SSSR count). The number of carbonyl (C=O) groups is 1. The molecule has 0 saturated carbocycles. The molecule has 1 unspecified atom stereocenters. The van der Waals surface area contributed by atoms with Gasteiger partial charge in [0.2, 0.25) is 5.91 Å². The lowest BCUT2D eigenvalue weighted by molar-refractivity contribution is -0.126. The molecule has 0 radical (unpaired) electrons. The second-order valence-corrected chi connectivity index (χ2v) is 7.34. The van der Waals surface area contributed by atoms with Crippen molar-refractivity contribution in [3.8, 4) is 0 Å². The zero-order chi connectivity index (χ0) is 15.6. The predicted octanol–water partition coefficient (Wildman–Crippen LogP) is 3.86. The summed E-state index contributed by atoms with van der Waals surface area (Å²) in [6.07, 6.45) is 0. The molecule has 0 spiro atoms. The number of thiazole rings is 1. The molecule has 0 fully saturated rings. The number of nitrogens with zero attached hydrogens (tertiary/aromatic N) is 1. The lowest BCUT2D eigenvalue weighted by Gasteiger charge is -2.24. The molecular formula is C15H20BrCl2N3OS. The minimum atomic E-state index is -1.06. The topological polar surface area (TPSA) is 68.0 Å². The van der Waals surface area contributed by atoms with Crippen LogP contribution in [0.5, 0.6) is 0 Å². The van der Waals surface area contributed by atoms with Crippen LogP contribution in [0, 0.1) is 13.8 Å². The summed E-state index contributed by atoms with van der Waals surface area (Å²) in [5.74, 6) is -0.199. The normalized spacial score (nSPS) is 12.6. The fraction of sp³-hybridized carbons (Fsp3) is 0.333. The van der Waals surface area contributed by atoms with E-state index in [1.54, 1.807) is 18.3 Å². The first kappa shape index (κ1) is 22.3. The van der Waals surface area contributed by atoms with Crippen molar-refractivity contribution >= 4 is 58.0 Å². The van der Waals surface area contributed by atoms with Gasteiger partial charge >= 0.3 is 0 Å². The van der Waals surface area contributed by atoms with Gasteiger partial charge in [-0.15, -0.1) is 36.2 Å². The number of halogens is 3. The van der Waals surface area contributed by atoms with Gasteiger partial charge in [-0.1, -0.05) is 28.1 Å². The van der Waals surface area contributed by atoms with Crippen molar-refractivity contribution in [2.45, 2.75) is 32.9 Å². The molecule has 2 aromatic rings. The minimum absolute atomic E-state index is 0. The van der Waals surface area contributed by atoms with Gasteiger partial charge in [-0.25, -0.2) is 4.98 Å². The molecule has 0 bridgehead atoms. The zero-order valence-electron chi connectivity index (χ0n) is 13.1. The summed E-state index contributed by atoms with van der Waals surface area (Å²) >= 11 is 4.97. The van der Waals surface area contributed by atoms with Crippen LogP contribution in [0.1, 0.15) is 28.1 Å². The minimum Gasteiger partial charge on any atom is -0.349 e. The van der Waals surface area contributed by atoms with Crippen molar-refractivity contribution in [3.05, 3.63) is 49.9 Å². The van der Waals surface area contributed by atoms with Crippen LogP contribution in [-0.2, 0) is 16.9 Å². The SMILES string of the molecule is Cc1nc(C)c(CNC(=O)C(C)(N)c2ccc(Br)cc2)s1.Cl.Cl. The molecule has 1 aromatic heterocycles. The number of amides is 1. The van der Waals surface area contributed by atoms with Crippen molar-refractivity contribution in [2.24, 2.45) is 5.73 Å². The first-order chi connectivity index (χ1) is 9.80. The van der Waals surface area contributed by atoms with E-state index in [2.05, 4.69) is 26.2 Å². The molecule has 1 aromatic carbocycles. The highest BCUT2D eigenvalue weighted by Crippen LogP contribution is 2.22. The lowest BCUT2D eigenvalue weighted by atomic mass is 9.92. The van der Waals surface area contributed by atoms with Crippen LogP contribution in [0.3, 0.4) is 0 Å². The van der Waals surface area contributed by atoms with Crippen molar-refractivity contribution < 1.29 is 4.79 Å². The number of rotatable bonds is 4. The summed E-state index contributed by atoms with van der Waals surface area (Å²) < 4.78 is 0.957. The number of nitrogens with two attached hydrogens (primary N) is 1. The van der Waals surface area contributed by atoms with Gasteiger partial charge in [0.05, 0.1) is 17.2 Å². The monoisotopic (exact) mass is 439 g/mol. The Morgan fingerprint density at radius 2 is 1.87 bits per heavy atom. The molecule has 3 N–H and O–H groups in total. The van der Waals surface area contributed by atoms with E-state index in [1.165, 1.54) is 0 Å². The summed E-state index contributed by atoms with van der Waals surface area (Å²) in [7, 11) is 0. The number of carbonyl (C=O) groups excluding carboxylic acids is 1. The van der Waals surface area contributed by atoms with Gasteiger partial charge < -0.3 is 11.1 Å². The molecule has 0 aliphatic carbocycles. The highest BCUT2D eigenvalue weighted by Gasteiger charge is 2.30. The van der Waals surface area contributed by atoms with Crippen LogP contribution in [0.25, 0.3) is 0 Å². The Kier molecular flexibility index (Phi) is 8.73. The van der Waals surface area contributed by atoms with E-state index in [0.29, 0.717) is 6.54 Å². The molecule has 4 nitrogen and oxygen atoms in total. The number of nitrogens with one attached hydrogen (secondary N) is 1. The number of hydrogen-bond acceptors (Lipinski definition) is 4. The second-order valence-electron chi connectivity index (χ2n) is 5.13. The molecule has 8 heteroatoms. The Morgan fingerprint density at radius 1 is 1.30 bits per heavy atom. The Bertz CT molecular complexity index is 659. The smallest absolute Gasteiger partial charge is 0.244 e. The van der Waals surface area contributed by atoms with Crippen LogP contribution >= 0.6 is 52.1 Å². The second kappa shape index (κ2) is 8.99. The van der Waals surface area contributed by atoms with Crippen LogP contribution in [0.2, 0.25) is 0 Å². The van der Waals surface area contributed by atoms with Crippen molar-refractivity contribution in [1.29, 1.82) is 0 Å². The van der Waals surface area contributed by atoms with Crippen LogP contribution in [-0.4, -0.2) is 10.9 Å². The molecule has 0 saturated heterocycles. The van der Waals surface area contributed by atoms with Crippen molar-refractivity contribution in [1.82, 2.24) is 10.3 Å². The maximum absolute atomic E-state index is 12.4. The fourth-order valence-corrected chi connectivity index (χ4v) is 3.15. The van der Waals surface area contributed by atoms with E-state index < -0.39 is 5.54 Å². The van der Waals surface area contributed by atoms with E-state index >= 15 is 0 Å². The molecule has 23 heavy (non-hydrogen) atoms. The van der Waals surface area contributed by atoms with Gasteiger partial charge in [0.15, 0.2) is 0 Å². The first-order valence-electron chi connectivity index (χ1n) is 6.57. The average Bonchev–Trinajstić information content (AvgIpc) is 2.74. The maximum atomic E-state index is 12.4. The van der Waals surface area contributed by atoms with Crippen molar-refractivity contribution in [2.75, 3.05) is 0 Å². The van der Waals surface area contributed by atoms with E-state index in [-0.39, 0.29) is 30.7 Å². The Morgan fingerprint density at radius 3 is 2.35 bits per heavy atom. The summed E-state index contributed by atoms with van der Waals surface area (Å²) in [4.78, 5) is 17.8. The highest BCUT2D eigenvalue weighted by atomic mass is 79.9. The van der Waals surface area contributed by atoms with E-state index in [1.807, 2.05) is 38.1 Å². The Labute approximate surface area is 161 Å². The standard InChI is InChI=1S/C15H18BrN3OS.2ClH/c1-9-13(21-10(2)19-9)8-18-14(20)15(3,17)11-4-6-12(16)7-5-11;;/h4-7H,8,17H2,1-3H3,(H,18,20);2*1H. The number of hydrogen-bond donors (Lipinski definition) is 2. The maximum Gasteiger partial charge on any atom is 0.244 e. The van der Waals surface area contributed by atoms with Gasteiger partial charge in [-0.05, 0) is 38.5 Å². The van der Waals surface area contributed by atoms with Crippen LogP contribution in [0.15, 0.2) is 28.7 Å². The molecule has 1 atom stereocenters. The molecule has 0 aliphatic heterocycles. The van der Waals surface area contributed by atoms with Crippen LogP contribution in [0.4, 0.5) is 0 Å². The molecule has 1 amide bonds. The molecular weight excluding hydrogens is 421 g/mol. The number of aromatic nitrogens is 1. The van der Waals surface area contributed by atoms with Gasteiger partial charge in [-0.2, -0.15) is 0 Å². The van der Waals surface area contributed by atoms with E-state index in [4.69, 9.17) is 5.73 Å². The number of benzene rings is 1. The van der Waals surface area contributed by atoms with E-state index in [0.717, 1.165) is 25.6 Å². The van der Waals surface area contributed by atoms with Crippen molar-refractivity contribution in [3.63, 3.8) is 0 Å². The molecule has 128 valence electrons. The summed E-state index contributed by atoms with van der Waals surface area (Å²) in [5.41, 5.74) is 6.87. The lowest BCUT2D eigenvalue weighted by Crippen LogP contribution is -2.48. The van der Waals surface area contributed by atoms with Gasteiger partial charge in [0, 0.05) is 9.35 Å². The first-order valence-corrected chi connectivity index (χ1v) is 8.18. The average molecular weight is 441 g/mol. The van der Waals surface area contributed by atoms with Gasteiger partial charge in [0.1, 0.15) is 5.54 Å². The predicted molar refractivity (Wildman–Crippen MR) is 104 cm³/mol. The fourth-order valence-electron chi connectivity index (χ4n) is 2.01. The third-order valence-electron chi connectivity index (χ3n) is 3.32. The summed E-state index contributed by atoms with van der Waals surface area (Å²) in [6, 6.07) is 7.46. The number of aryl methyl sites for hydroxylation is 2. The Hall–Kier alpha value is -0.660. The van der Waals surface area contributed by atoms with Gasteiger partial charge in [0.25, 0.3) is 0 Å².